The topological polar surface area (TPSA) is 38.0 Å². The Balaban J connectivity index is 0.000000561. The highest BCUT2D eigenvalue weighted by Crippen LogP contribution is 2.20. The van der Waals surface area contributed by atoms with E-state index in [1.165, 1.54) is 39.4 Å². The van der Waals surface area contributed by atoms with Gasteiger partial charge in [-0.3, -0.25) is 0 Å². The molecule has 2 nitrogen and oxygen atoms in total. The molecule has 0 bridgehead atoms. The van der Waals surface area contributed by atoms with E-state index in [1.54, 1.807) is 0 Å². The maximum absolute atomic E-state index is 4.50. The molecule has 1 heterocycles. The van der Waals surface area contributed by atoms with Crippen molar-refractivity contribution in [2.24, 2.45) is 17.6 Å². The van der Waals surface area contributed by atoms with Gasteiger partial charge in [0.25, 0.3) is 0 Å². The van der Waals surface area contributed by atoms with Gasteiger partial charge in [-0.05, 0) is 51.2 Å². The number of nitrogens with one attached hydrogen (secondary N) is 1. The van der Waals surface area contributed by atoms with Crippen LogP contribution in [0.5, 0.6) is 0 Å². The zero-order valence-electron chi connectivity index (χ0n) is 8.77. The molecular formula is C10H24N2. The van der Waals surface area contributed by atoms with Gasteiger partial charge in [0.2, 0.25) is 0 Å². The molecule has 2 heteroatoms. The zero-order valence-corrected chi connectivity index (χ0v) is 8.77. The summed E-state index contributed by atoms with van der Waals surface area (Å²) in [5.74, 6) is 1.91. The molecule has 12 heavy (non-hydrogen) atoms. The lowest BCUT2D eigenvalue weighted by Gasteiger charge is -2.23. The van der Waals surface area contributed by atoms with Crippen molar-refractivity contribution in [3.8, 4) is 0 Å². The van der Waals surface area contributed by atoms with Gasteiger partial charge in [-0.2, -0.15) is 0 Å². The van der Waals surface area contributed by atoms with Crippen LogP contribution in [0.15, 0.2) is 0 Å². The van der Waals surface area contributed by atoms with Crippen molar-refractivity contribution < 1.29 is 0 Å². The molecule has 0 aromatic carbocycles. The Morgan fingerprint density at radius 2 is 1.75 bits per heavy atom. The SMILES string of the molecule is CC(C)CC1CCNCC1.CN. The third kappa shape index (κ3) is 5.56. The minimum absolute atomic E-state index is 0.892. The number of hydrogen-bond donors (Lipinski definition) is 2. The molecule has 0 atom stereocenters. The fourth-order valence-electron chi connectivity index (χ4n) is 1.78. The van der Waals surface area contributed by atoms with Crippen molar-refractivity contribution in [2.45, 2.75) is 33.1 Å². The first-order chi connectivity index (χ1) is 5.79. The highest BCUT2D eigenvalue weighted by Gasteiger charge is 2.13. The molecule has 0 amide bonds. The Hall–Kier alpha value is -0.0800. The predicted octanol–water partition coefficient (Wildman–Crippen LogP) is 1.61. The lowest BCUT2D eigenvalue weighted by atomic mass is 9.89. The third-order valence-electron chi connectivity index (χ3n) is 2.26. The number of nitrogens with two attached hydrogens (primary N) is 1. The Labute approximate surface area is 76.9 Å². The molecule has 1 fully saturated rings. The van der Waals surface area contributed by atoms with Crippen molar-refractivity contribution in [3.05, 3.63) is 0 Å². The Morgan fingerprint density at radius 1 is 1.25 bits per heavy atom. The summed E-state index contributed by atoms with van der Waals surface area (Å²) < 4.78 is 0. The average Bonchev–Trinajstić information content (AvgIpc) is 2.08. The quantitative estimate of drug-likeness (QED) is 0.664. The summed E-state index contributed by atoms with van der Waals surface area (Å²) in [6, 6.07) is 0. The molecule has 0 aliphatic carbocycles. The van der Waals surface area contributed by atoms with Crippen LogP contribution >= 0.6 is 0 Å². The predicted molar refractivity (Wildman–Crippen MR) is 55.2 cm³/mol. The normalized spacial score (nSPS) is 18.8. The van der Waals surface area contributed by atoms with Crippen molar-refractivity contribution in [3.63, 3.8) is 0 Å². The molecule has 1 aliphatic heterocycles. The molecule has 1 aliphatic rings. The monoisotopic (exact) mass is 172 g/mol. The lowest BCUT2D eigenvalue weighted by Crippen LogP contribution is -2.28. The van der Waals surface area contributed by atoms with Crippen LogP contribution in [-0.4, -0.2) is 20.1 Å². The van der Waals surface area contributed by atoms with E-state index in [1.807, 2.05) is 0 Å². The number of rotatable bonds is 2. The standard InChI is InChI=1S/C9H19N.CH5N/c1-8(2)7-9-3-5-10-6-4-9;1-2/h8-10H,3-7H2,1-2H3;2H2,1H3. The van der Waals surface area contributed by atoms with E-state index in [9.17, 15) is 0 Å². The van der Waals surface area contributed by atoms with Gasteiger partial charge in [-0.15, -0.1) is 0 Å². The summed E-state index contributed by atoms with van der Waals surface area (Å²) in [7, 11) is 1.50. The van der Waals surface area contributed by atoms with Crippen LogP contribution in [0.25, 0.3) is 0 Å². The van der Waals surface area contributed by atoms with Crippen molar-refractivity contribution in [2.75, 3.05) is 20.1 Å². The van der Waals surface area contributed by atoms with E-state index < -0.39 is 0 Å². The summed E-state index contributed by atoms with van der Waals surface area (Å²) in [4.78, 5) is 0. The number of hydrogen-bond acceptors (Lipinski definition) is 2. The molecule has 1 rings (SSSR count). The Kier molecular flexibility index (Phi) is 7.51. The highest BCUT2D eigenvalue weighted by atomic mass is 14.9. The molecule has 0 saturated carbocycles. The first-order valence-electron chi connectivity index (χ1n) is 5.07. The maximum Gasteiger partial charge on any atom is -0.00463 e. The number of piperidine rings is 1. The Morgan fingerprint density at radius 3 is 2.17 bits per heavy atom. The highest BCUT2D eigenvalue weighted by molar-refractivity contribution is 4.69. The summed E-state index contributed by atoms with van der Waals surface area (Å²) in [5.41, 5.74) is 4.50. The van der Waals surface area contributed by atoms with E-state index in [0.717, 1.165) is 11.8 Å². The van der Waals surface area contributed by atoms with E-state index in [4.69, 9.17) is 0 Å². The van der Waals surface area contributed by atoms with Crippen molar-refractivity contribution >= 4 is 0 Å². The van der Waals surface area contributed by atoms with Crippen molar-refractivity contribution in [1.82, 2.24) is 5.32 Å². The molecule has 1 saturated heterocycles. The minimum atomic E-state index is 0.892. The third-order valence-corrected chi connectivity index (χ3v) is 2.26. The van der Waals surface area contributed by atoms with Crippen LogP contribution in [0.3, 0.4) is 0 Å². The largest absolute Gasteiger partial charge is 0.333 e. The molecular weight excluding hydrogens is 148 g/mol. The van der Waals surface area contributed by atoms with Crippen LogP contribution < -0.4 is 11.1 Å². The van der Waals surface area contributed by atoms with E-state index >= 15 is 0 Å². The molecule has 0 aromatic rings. The van der Waals surface area contributed by atoms with Gasteiger partial charge in [-0.25, -0.2) is 0 Å². The van der Waals surface area contributed by atoms with Gasteiger partial charge in [-0.1, -0.05) is 13.8 Å². The molecule has 0 radical (unpaired) electrons. The van der Waals surface area contributed by atoms with E-state index in [2.05, 4.69) is 24.9 Å². The van der Waals surface area contributed by atoms with Crippen LogP contribution in [-0.2, 0) is 0 Å². The van der Waals surface area contributed by atoms with Crippen LogP contribution in [0, 0.1) is 11.8 Å². The van der Waals surface area contributed by atoms with Crippen LogP contribution in [0.2, 0.25) is 0 Å². The van der Waals surface area contributed by atoms with Gasteiger partial charge >= 0.3 is 0 Å². The van der Waals surface area contributed by atoms with E-state index in [0.29, 0.717) is 0 Å². The Bertz CT molecular complexity index is 85.8. The van der Waals surface area contributed by atoms with Gasteiger partial charge in [0.15, 0.2) is 0 Å². The van der Waals surface area contributed by atoms with Gasteiger partial charge in [0.05, 0.1) is 0 Å². The lowest BCUT2D eigenvalue weighted by molar-refractivity contribution is 0.318. The summed E-state index contributed by atoms with van der Waals surface area (Å²) in [6.07, 6.45) is 4.23. The molecule has 0 unspecified atom stereocenters. The second-order valence-corrected chi connectivity index (χ2v) is 3.82. The maximum atomic E-state index is 4.50. The summed E-state index contributed by atoms with van der Waals surface area (Å²) >= 11 is 0. The van der Waals surface area contributed by atoms with Crippen LogP contribution in [0.1, 0.15) is 33.1 Å². The zero-order chi connectivity index (χ0) is 9.40. The summed E-state index contributed by atoms with van der Waals surface area (Å²) in [5, 5.41) is 3.39. The average molecular weight is 172 g/mol. The first-order valence-corrected chi connectivity index (χ1v) is 5.07. The molecule has 0 spiro atoms. The molecule has 74 valence electrons. The summed E-state index contributed by atoms with van der Waals surface area (Å²) in [6.45, 7) is 7.14. The van der Waals surface area contributed by atoms with Gasteiger partial charge < -0.3 is 11.1 Å². The fraction of sp³-hybridized carbons (Fsp3) is 1.00. The van der Waals surface area contributed by atoms with E-state index in [-0.39, 0.29) is 0 Å². The van der Waals surface area contributed by atoms with Crippen LogP contribution in [0.4, 0.5) is 0 Å². The second kappa shape index (κ2) is 7.56. The smallest absolute Gasteiger partial charge is 0.00463 e. The molecule has 3 N–H and O–H groups in total. The minimum Gasteiger partial charge on any atom is -0.333 e. The fourth-order valence-corrected chi connectivity index (χ4v) is 1.78. The molecule has 0 aromatic heterocycles. The second-order valence-electron chi connectivity index (χ2n) is 3.82. The van der Waals surface area contributed by atoms with Crippen molar-refractivity contribution in [1.29, 1.82) is 0 Å². The van der Waals surface area contributed by atoms with Gasteiger partial charge in [0.1, 0.15) is 0 Å². The van der Waals surface area contributed by atoms with Gasteiger partial charge in [0, 0.05) is 0 Å². The first kappa shape index (κ1) is 11.9.